The number of aryl methyl sites for hydroxylation is 2. The van der Waals surface area contributed by atoms with Crippen LogP contribution in [0.25, 0.3) is 0 Å². The van der Waals surface area contributed by atoms with Crippen LogP contribution in [0.15, 0.2) is 6.07 Å². The predicted octanol–water partition coefficient (Wildman–Crippen LogP) is 1.55. The Bertz CT molecular complexity index is 250. The second-order valence-electron chi connectivity index (χ2n) is 2.96. The average Bonchev–Trinajstić information content (AvgIpc) is 2.01. The van der Waals surface area contributed by atoms with Gasteiger partial charge in [-0.3, -0.25) is 0 Å². The summed E-state index contributed by atoms with van der Waals surface area (Å²) in [5.41, 5.74) is 2.05. The van der Waals surface area contributed by atoms with E-state index in [0.717, 1.165) is 23.9 Å². The maximum absolute atomic E-state index is 4.32. The van der Waals surface area contributed by atoms with Crippen molar-refractivity contribution in [3.8, 4) is 0 Å². The average molecular weight is 165 g/mol. The van der Waals surface area contributed by atoms with Crippen molar-refractivity contribution in [2.75, 3.05) is 18.5 Å². The quantitative estimate of drug-likeness (QED) is 0.665. The van der Waals surface area contributed by atoms with E-state index in [1.807, 2.05) is 31.9 Å². The van der Waals surface area contributed by atoms with E-state index in [1.165, 1.54) is 0 Å². The van der Waals surface area contributed by atoms with Gasteiger partial charge in [0.25, 0.3) is 0 Å². The highest BCUT2D eigenvalue weighted by atomic mass is 15.2. The number of aromatic nitrogens is 2. The zero-order valence-electron chi connectivity index (χ0n) is 8.13. The second-order valence-corrected chi connectivity index (χ2v) is 2.96. The van der Waals surface area contributed by atoms with Crippen LogP contribution in [-0.2, 0) is 0 Å². The van der Waals surface area contributed by atoms with Gasteiger partial charge in [0.1, 0.15) is 0 Å². The van der Waals surface area contributed by atoms with Crippen molar-refractivity contribution in [2.24, 2.45) is 0 Å². The maximum Gasteiger partial charge on any atom is 0.225 e. The van der Waals surface area contributed by atoms with Crippen LogP contribution < -0.4 is 4.90 Å². The minimum atomic E-state index is 0.815. The van der Waals surface area contributed by atoms with Crippen molar-refractivity contribution in [2.45, 2.75) is 20.8 Å². The van der Waals surface area contributed by atoms with Gasteiger partial charge in [-0.05, 0) is 26.8 Å². The van der Waals surface area contributed by atoms with Crippen molar-refractivity contribution in [1.29, 1.82) is 0 Å². The molecule has 0 aromatic carbocycles. The van der Waals surface area contributed by atoms with Gasteiger partial charge in [-0.1, -0.05) is 0 Å². The monoisotopic (exact) mass is 165 g/mol. The molecular formula is C9H15N3. The molecule has 0 aliphatic heterocycles. The molecule has 0 unspecified atom stereocenters. The van der Waals surface area contributed by atoms with Gasteiger partial charge in [0, 0.05) is 25.0 Å². The van der Waals surface area contributed by atoms with E-state index in [2.05, 4.69) is 16.9 Å². The van der Waals surface area contributed by atoms with E-state index in [9.17, 15) is 0 Å². The summed E-state index contributed by atoms with van der Waals surface area (Å²) >= 11 is 0. The Morgan fingerprint density at radius 2 is 1.75 bits per heavy atom. The molecule has 12 heavy (non-hydrogen) atoms. The SMILES string of the molecule is CCN(C)c1nc(C)cc(C)n1. The van der Waals surface area contributed by atoms with E-state index >= 15 is 0 Å². The lowest BCUT2D eigenvalue weighted by molar-refractivity contribution is 0.882. The predicted molar refractivity (Wildman–Crippen MR) is 50.5 cm³/mol. The molecule has 0 fully saturated rings. The summed E-state index contributed by atoms with van der Waals surface area (Å²) in [4.78, 5) is 10.7. The minimum Gasteiger partial charge on any atom is -0.344 e. The standard InChI is InChI=1S/C9H15N3/c1-5-12(4)9-10-7(2)6-8(3)11-9/h6H,5H2,1-4H3. The van der Waals surface area contributed by atoms with Gasteiger partial charge in [0.05, 0.1) is 0 Å². The minimum absolute atomic E-state index is 0.815. The Morgan fingerprint density at radius 1 is 1.25 bits per heavy atom. The first-order chi connectivity index (χ1) is 5.63. The van der Waals surface area contributed by atoms with Crippen LogP contribution in [0.2, 0.25) is 0 Å². The Labute approximate surface area is 73.5 Å². The van der Waals surface area contributed by atoms with E-state index in [0.29, 0.717) is 0 Å². The summed E-state index contributed by atoms with van der Waals surface area (Å²) in [7, 11) is 1.99. The lowest BCUT2D eigenvalue weighted by Crippen LogP contribution is -2.19. The fourth-order valence-electron chi connectivity index (χ4n) is 1.02. The highest BCUT2D eigenvalue weighted by Crippen LogP contribution is 2.06. The molecule has 0 N–H and O–H groups in total. The van der Waals surface area contributed by atoms with Gasteiger partial charge in [0.15, 0.2) is 0 Å². The van der Waals surface area contributed by atoms with Gasteiger partial charge < -0.3 is 4.90 Å². The third kappa shape index (κ3) is 1.94. The molecule has 1 aromatic rings. The van der Waals surface area contributed by atoms with Gasteiger partial charge in [-0.15, -0.1) is 0 Å². The summed E-state index contributed by atoms with van der Waals surface area (Å²) in [5.74, 6) is 0.815. The van der Waals surface area contributed by atoms with Crippen LogP contribution in [-0.4, -0.2) is 23.6 Å². The Kier molecular flexibility index (Phi) is 2.63. The largest absolute Gasteiger partial charge is 0.344 e. The molecule has 0 spiro atoms. The van der Waals surface area contributed by atoms with Crippen LogP contribution in [0.3, 0.4) is 0 Å². The van der Waals surface area contributed by atoms with Crippen LogP contribution in [0.1, 0.15) is 18.3 Å². The van der Waals surface area contributed by atoms with E-state index in [1.54, 1.807) is 0 Å². The first kappa shape index (κ1) is 8.97. The third-order valence-corrected chi connectivity index (χ3v) is 1.79. The molecule has 0 aliphatic carbocycles. The van der Waals surface area contributed by atoms with Crippen LogP contribution in [0.4, 0.5) is 5.95 Å². The fraction of sp³-hybridized carbons (Fsp3) is 0.556. The van der Waals surface area contributed by atoms with E-state index in [4.69, 9.17) is 0 Å². The first-order valence-electron chi connectivity index (χ1n) is 4.17. The van der Waals surface area contributed by atoms with Crippen LogP contribution in [0.5, 0.6) is 0 Å². The number of anilines is 1. The van der Waals surface area contributed by atoms with E-state index in [-0.39, 0.29) is 0 Å². The molecule has 0 saturated heterocycles. The summed E-state index contributed by atoms with van der Waals surface area (Å²) in [6.07, 6.45) is 0. The number of nitrogens with zero attached hydrogens (tertiary/aromatic N) is 3. The maximum atomic E-state index is 4.32. The number of rotatable bonds is 2. The molecule has 0 saturated carbocycles. The molecule has 0 radical (unpaired) electrons. The zero-order valence-corrected chi connectivity index (χ0v) is 8.13. The zero-order chi connectivity index (χ0) is 9.14. The van der Waals surface area contributed by atoms with E-state index < -0.39 is 0 Å². The smallest absolute Gasteiger partial charge is 0.225 e. The highest BCUT2D eigenvalue weighted by Gasteiger charge is 2.02. The molecule has 1 heterocycles. The molecule has 3 heteroatoms. The molecule has 1 aromatic heterocycles. The lowest BCUT2D eigenvalue weighted by Gasteiger charge is -2.14. The first-order valence-corrected chi connectivity index (χ1v) is 4.17. The highest BCUT2D eigenvalue weighted by molar-refractivity contribution is 5.30. The molecule has 1 rings (SSSR count). The van der Waals surface area contributed by atoms with Crippen molar-refractivity contribution in [1.82, 2.24) is 9.97 Å². The Morgan fingerprint density at radius 3 is 2.17 bits per heavy atom. The topological polar surface area (TPSA) is 29.0 Å². The Hall–Kier alpha value is -1.12. The molecule has 0 amide bonds. The lowest BCUT2D eigenvalue weighted by atomic mass is 10.3. The van der Waals surface area contributed by atoms with Gasteiger partial charge in [0.2, 0.25) is 5.95 Å². The molecule has 0 atom stereocenters. The summed E-state index contributed by atoms with van der Waals surface area (Å²) in [6.45, 7) is 6.99. The third-order valence-electron chi connectivity index (χ3n) is 1.79. The fourth-order valence-corrected chi connectivity index (χ4v) is 1.02. The van der Waals surface area contributed by atoms with Crippen molar-refractivity contribution in [3.63, 3.8) is 0 Å². The normalized spacial score (nSPS) is 10.0. The second kappa shape index (κ2) is 3.52. The molecule has 3 nitrogen and oxygen atoms in total. The van der Waals surface area contributed by atoms with Crippen molar-refractivity contribution in [3.05, 3.63) is 17.5 Å². The summed E-state index contributed by atoms with van der Waals surface area (Å²) in [6, 6.07) is 1.98. The van der Waals surface area contributed by atoms with Crippen molar-refractivity contribution >= 4 is 5.95 Å². The molecular weight excluding hydrogens is 150 g/mol. The number of hydrogen-bond acceptors (Lipinski definition) is 3. The summed E-state index contributed by atoms with van der Waals surface area (Å²) in [5, 5.41) is 0. The van der Waals surface area contributed by atoms with Gasteiger partial charge >= 0.3 is 0 Å². The molecule has 66 valence electrons. The van der Waals surface area contributed by atoms with Crippen molar-refractivity contribution < 1.29 is 0 Å². The van der Waals surface area contributed by atoms with Gasteiger partial charge in [-0.2, -0.15) is 0 Å². The van der Waals surface area contributed by atoms with Gasteiger partial charge in [-0.25, -0.2) is 9.97 Å². The number of hydrogen-bond donors (Lipinski definition) is 0. The molecule has 0 bridgehead atoms. The Balaban J connectivity index is 3.00. The molecule has 0 aliphatic rings. The van der Waals surface area contributed by atoms with Crippen LogP contribution >= 0.6 is 0 Å². The summed E-state index contributed by atoms with van der Waals surface area (Å²) < 4.78 is 0. The van der Waals surface area contributed by atoms with Crippen LogP contribution in [0, 0.1) is 13.8 Å².